The van der Waals surface area contributed by atoms with Crippen LogP contribution in [0, 0.1) is 13.3 Å². The first-order chi connectivity index (χ1) is 8.56. The summed E-state index contributed by atoms with van der Waals surface area (Å²) >= 11 is 0. The zero-order valence-corrected chi connectivity index (χ0v) is 13.7. The van der Waals surface area contributed by atoms with E-state index in [1.54, 1.807) is 19.5 Å². The molecule has 1 aliphatic heterocycles. The third-order valence-corrected chi connectivity index (χ3v) is 2.90. The van der Waals surface area contributed by atoms with E-state index in [-0.39, 0.29) is 45.1 Å². The fourth-order valence-electron chi connectivity index (χ4n) is 1.89. The monoisotopic (exact) mass is 343 g/mol. The molecule has 2 heterocycles. The normalized spacial score (nSPS) is 26.2. The first-order valence-corrected chi connectivity index (χ1v) is 5.56. The van der Waals surface area contributed by atoms with Gasteiger partial charge < -0.3 is 20.3 Å². The van der Waals surface area contributed by atoms with Crippen molar-refractivity contribution in [2.75, 3.05) is 19.5 Å². The number of hydrogen-bond donors (Lipinski definition) is 2. The third-order valence-electron chi connectivity index (χ3n) is 2.90. The van der Waals surface area contributed by atoms with Gasteiger partial charge in [0.05, 0.1) is 0 Å². The minimum atomic E-state index is -0.633. The molecule has 3 atom stereocenters. The summed E-state index contributed by atoms with van der Waals surface area (Å²) in [5, 5.41) is 9.08. The minimum absolute atomic E-state index is 0. The quantitative estimate of drug-likeness (QED) is 0.700. The van der Waals surface area contributed by atoms with Crippen molar-refractivity contribution < 1.29 is 47.3 Å². The number of nitrogens with two attached hydrogens (primary N) is 1. The molecule has 1 aromatic heterocycles. The van der Waals surface area contributed by atoms with Crippen LogP contribution in [0.1, 0.15) is 11.8 Å². The zero-order chi connectivity index (χ0) is 13.3. The standard InChI is InChI=1S/C11H16N3O4.Y/c1-6-4-14(11(16)13-9(6)12)10-8(17-2)3-7(5-15)18-10;/h3-4,7-8,10,15H,5H2,1-2H3,(H2,12,13,16);/q-1;. The van der Waals surface area contributed by atoms with Gasteiger partial charge in [-0.1, -0.05) is 0 Å². The van der Waals surface area contributed by atoms with Crippen molar-refractivity contribution in [1.82, 2.24) is 9.55 Å². The maximum absolute atomic E-state index is 11.8. The van der Waals surface area contributed by atoms with Gasteiger partial charge in [0.1, 0.15) is 12.0 Å². The Balaban J connectivity index is 0.00000180. The summed E-state index contributed by atoms with van der Waals surface area (Å²) in [6, 6.07) is 0. The van der Waals surface area contributed by atoms with Crippen molar-refractivity contribution in [3.05, 3.63) is 28.7 Å². The molecular weight excluding hydrogens is 327 g/mol. The predicted octanol–water partition coefficient (Wildman–Crippen LogP) is -0.760. The van der Waals surface area contributed by atoms with Crippen LogP contribution in [0.5, 0.6) is 0 Å². The van der Waals surface area contributed by atoms with E-state index in [1.807, 2.05) is 0 Å². The summed E-state index contributed by atoms with van der Waals surface area (Å²) in [5.41, 5.74) is 5.74. The summed E-state index contributed by atoms with van der Waals surface area (Å²) in [7, 11) is 1.51. The van der Waals surface area contributed by atoms with E-state index in [4.69, 9.17) is 20.3 Å². The molecule has 0 saturated carbocycles. The van der Waals surface area contributed by atoms with E-state index in [1.165, 1.54) is 11.7 Å². The van der Waals surface area contributed by atoms with Crippen molar-refractivity contribution in [2.24, 2.45) is 0 Å². The number of hydrogen-bond acceptors (Lipinski definition) is 6. The number of aliphatic hydroxyl groups excluding tert-OH is 1. The zero-order valence-electron chi connectivity index (χ0n) is 10.8. The topological polar surface area (TPSA) is 99.6 Å². The fourth-order valence-corrected chi connectivity index (χ4v) is 1.89. The second kappa shape index (κ2) is 6.90. The molecule has 19 heavy (non-hydrogen) atoms. The molecule has 1 radical (unpaired) electrons. The SMILES string of the molecule is COC1[CH-]C(CO)OC1n1cc(C)c(N)nc1=O.[Y]. The smallest absolute Gasteiger partial charge is 0.351 e. The van der Waals surface area contributed by atoms with Gasteiger partial charge in [0.15, 0.2) is 0 Å². The average Bonchev–Trinajstić information content (AvgIpc) is 2.77. The van der Waals surface area contributed by atoms with E-state index in [0.717, 1.165) is 0 Å². The summed E-state index contributed by atoms with van der Waals surface area (Å²) in [6.45, 7) is 1.59. The second-order valence-corrected chi connectivity index (χ2v) is 4.14. The Morgan fingerprint density at radius 2 is 2.37 bits per heavy atom. The maximum atomic E-state index is 11.8. The molecule has 8 heteroatoms. The van der Waals surface area contributed by atoms with Crippen LogP contribution in [-0.2, 0) is 42.2 Å². The van der Waals surface area contributed by atoms with Crippen LogP contribution in [0.3, 0.4) is 0 Å². The Hall–Kier alpha value is -0.336. The molecule has 1 aliphatic rings. The second-order valence-electron chi connectivity index (χ2n) is 4.14. The van der Waals surface area contributed by atoms with Crippen molar-refractivity contribution >= 4 is 5.82 Å². The Morgan fingerprint density at radius 3 is 2.95 bits per heavy atom. The van der Waals surface area contributed by atoms with Crippen LogP contribution in [0.2, 0.25) is 0 Å². The molecular formula is C11H16N3O4Y-. The van der Waals surface area contributed by atoms with Crippen LogP contribution >= 0.6 is 0 Å². The minimum Gasteiger partial charge on any atom is -0.409 e. The molecule has 1 fully saturated rings. The van der Waals surface area contributed by atoms with Crippen molar-refractivity contribution in [3.8, 4) is 0 Å². The fraction of sp³-hybridized carbons (Fsp3) is 0.545. The van der Waals surface area contributed by atoms with Gasteiger partial charge >= 0.3 is 5.69 Å². The van der Waals surface area contributed by atoms with E-state index in [9.17, 15) is 4.79 Å². The van der Waals surface area contributed by atoms with Crippen LogP contribution < -0.4 is 11.4 Å². The number of aromatic nitrogens is 2. The Bertz CT molecular complexity index is 493. The largest absolute Gasteiger partial charge is 0.409 e. The van der Waals surface area contributed by atoms with Gasteiger partial charge in [-0.05, 0) is 19.1 Å². The Kier molecular flexibility index (Phi) is 6.07. The summed E-state index contributed by atoms with van der Waals surface area (Å²) in [6.07, 6.45) is 1.79. The van der Waals surface area contributed by atoms with Gasteiger partial charge in [-0.2, -0.15) is 4.98 Å². The van der Waals surface area contributed by atoms with Gasteiger partial charge in [0.25, 0.3) is 0 Å². The molecule has 1 saturated heterocycles. The summed E-state index contributed by atoms with van der Waals surface area (Å²) in [4.78, 5) is 15.5. The molecule has 3 N–H and O–H groups in total. The number of methoxy groups -OCH3 is 1. The number of anilines is 1. The van der Waals surface area contributed by atoms with E-state index < -0.39 is 24.1 Å². The van der Waals surface area contributed by atoms with Gasteiger partial charge in [-0.25, -0.2) is 4.79 Å². The van der Waals surface area contributed by atoms with Crippen molar-refractivity contribution in [3.63, 3.8) is 0 Å². The van der Waals surface area contributed by atoms with Crippen molar-refractivity contribution in [2.45, 2.75) is 25.4 Å². The number of aliphatic hydroxyl groups is 1. The summed E-state index contributed by atoms with van der Waals surface area (Å²) in [5.74, 6) is 0.200. The van der Waals surface area contributed by atoms with Gasteiger partial charge in [-0.15, -0.1) is 0 Å². The maximum Gasteiger partial charge on any atom is 0.351 e. The predicted molar refractivity (Wildman–Crippen MR) is 63.7 cm³/mol. The van der Waals surface area contributed by atoms with Gasteiger partial charge in [-0.3, -0.25) is 11.0 Å². The molecule has 0 aliphatic carbocycles. The molecule has 3 unspecified atom stereocenters. The van der Waals surface area contributed by atoms with E-state index in [0.29, 0.717) is 5.56 Å². The average molecular weight is 343 g/mol. The number of nitrogens with zero attached hydrogens (tertiary/aromatic N) is 2. The molecule has 2 rings (SSSR count). The number of ether oxygens (including phenoxy) is 2. The van der Waals surface area contributed by atoms with E-state index >= 15 is 0 Å². The first kappa shape index (κ1) is 16.7. The number of nitrogen functional groups attached to an aromatic ring is 1. The third kappa shape index (κ3) is 3.41. The van der Waals surface area contributed by atoms with Crippen LogP contribution in [0.4, 0.5) is 5.82 Å². The molecule has 0 spiro atoms. The van der Waals surface area contributed by atoms with E-state index in [2.05, 4.69) is 4.98 Å². The number of aryl methyl sites for hydroxylation is 1. The van der Waals surface area contributed by atoms with Crippen LogP contribution in [-0.4, -0.2) is 40.6 Å². The molecule has 0 bridgehead atoms. The number of rotatable bonds is 3. The molecule has 103 valence electrons. The Morgan fingerprint density at radius 1 is 1.68 bits per heavy atom. The molecule has 7 nitrogen and oxygen atoms in total. The van der Waals surface area contributed by atoms with Crippen LogP contribution in [0.25, 0.3) is 0 Å². The van der Waals surface area contributed by atoms with Crippen LogP contribution in [0.15, 0.2) is 11.0 Å². The van der Waals surface area contributed by atoms with Crippen molar-refractivity contribution in [1.29, 1.82) is 0 Å². The van der Waals surface area contributed by atoms with Gasteiger partial charge in [0.2, 0.25) is 0 Å². The van der Waals surface area contributed by atoms with Gasteiger partial charge in [0, 0.05) is 58.2 Å². The summed E-state index contributed by atoms with van der Waals surface area (Å²) < 4.78 is 12.1. The molecule has 1 aromatic rings. The first-order valence-electron chi connectivity index (χ1n) is 5.56. The molecule has 0 aromatic carbocycles. The molecule has 0 amide bonds. The Labute approximate surface area is 136 Å².